The predicted octanol–water partition coefficient (Wildman–Crippen LogP) is 2.60. The number of aromatic nitrogens is 5. The van der Waals surface area contributed by atoms with E-state index in [4.69, 9.17) is 0 Å². The second kappa shape index (κ2) is 6.68. The summed E-state index contributed by atoms with van der Waals surface area (Å²) < 4.78 is 40.1. The van der Waals surface area contributed by atoms with E-state index in [-0.39, 0.29) is 5.82 Å². The molecule has 6 nitrogen and oxygen atoms in total. The van der Waals surface area contributed by atoms with Gasteiger partial charge in [0.1, 0.15) is 12.2 Å². The lowest BCUT2D eigenvalue weighted by molar-refractivity contribution is -0.142. The number of aryl methyl sites for hydroxylation is 1. The van der Waals surface area contributed by atoms with Crippen molar-refractivity contribution in [3.63, 3.8) is 0 Å². The van der Waals surface area contributed by atoms with Crippen LogP contribution in [-0.4, -0.2) is 56.2 Å². The van der Waals surface area contributed by atoms with Crippen LogP contribution < -0.4 is 0 Å². The van der Waals surface area contributed by atoms with Crippen LogP contribution in [0.3, 0.4) is 0 Å². The first-order valence-electron chi connectivity index (χ1n) is 9.14. The highest BCUT2D eigenvalue weighted by Gasteiger charge is 2.33. The fraction of sp³-hybridized carbons (Fsp3) is 0.706. The number of alkyl halides is 3. The average molecular weight is 368 g/mol. The van der Waals surface area contributed by atoms with Crippen LogP contribution in [0.5, 0.6) is 0 Å². The summed E-state index contributed by atoms with van der Waals surface area (Å²) in [5.74, 6) is 1.16. The molecule has 0 atom stereocenters. The van der Waals surface area contributed by atoms with Gasteiger partial charge in [-0.1, -0.05) is 0 Å². The molecule has 0 saturated carbocycles. The van der Waals surface area contributed by atoms with Gasteiger partial charge in [-0.2, -0.15) is 23.4 Å². The van der Waals surface area contributed by atoms with Gasteiger partial charge in [-0.15, -0.1) is 0 Å². The quantitative estimate of drug-likeness (QED) is 0.901. The number of nitrogens with zero attached hydrogens (tertiary/aromatic N) is 5. The van der Waals surface area contributed by atoms with Gasteiger partial charge in [0.15, 0.2) is 11.6 Å². The molecule has 0 spiro atoms. The van der Waals surface area contributed by atoms with E-state index in [9.17, 15) is 13.2 Å². The van der Waals surface area contributed by atoms with E-state index in [1.807, 2.05) is 0 Å². The standard InChI is InChI=1S/C17H23F3N6/c1-25-7-5-11(6-8-25)9-14-21-16(26(24-14)10-17(18,19)20)15-12-3-2-4-13(12)22-23-15/h11H,2-10H2,1H3,(H,22,23). The number of halogens is 3. The van der Waals surface area contributed by atoms with Crippen LogP contribution in [-0.2, 0) is 25.8 Å². The zero-order chi connectivity index (χ0) is 18.3. The third-order valence-corrected chi connectivity index (χ3v) is 5.37. The molecule has 9 heteroatoms. The van der Waals surface area contributed by atoms with Gasteiger partial charge in [0.2, 0.25) is 0 Å². The Bertz CT molecular complexity index is 770. The minimum atomic E-state index is -4.34. The lowest BCUT2D eigenvalue weighted by atomic mass is 9.94. The number of fused-ring (bicyclic) bond motifs is 1. The van der Waals surface area contributed by atoms with Crippen molar-refractivity contribution in [1.29, 1.82) is 0 Å². The number of piperidine rings is 1. The SMILES string of the molecule is CN1CCC(Cc2nc(-c3n[nH]c4c3CCC4)n(CC(F)(F)F)n2)CC1. The predicted molar refractivity (Wildman–Crippen MR) is 89.6 cm³/mol. The average Bonchev–Trinajstić information content (AvgIpc) is 3.24. The highest BCUT2D eigenvalue weighted by atomic mass is 19.4. The molecule has 0 amide bonds. The summed E-state index contributed by atoms with van der Waals surface area (Å²) in [5.41, 5.74) is 2.54. The molecule has 1 aliphatic carbocycles. The van der Waals surface area contributed by atoms with E-state index in [1.165, 1.54) is 0 Å². The normalized spacial score (nSPS) is 19.2. The van der Waals surface area contributed by atoms with Crippen molar-refractivity contribution in [3.8, 4) is 11.5 Å². The second-order valence-corrected chi connectivity index (χ2v) is 7.46. The zero-order valence-electron chi connectivity index (χ0n) is 14.8. The molecule has 1 aliphatic heterocycles. The molecule has 1 saturated heterocycles. The number of H-pyrrole nitrogens is 1. The summed E-state index contributed by atoms with van der Waals surface area (Å²) in [5, 5.41) is 11.4. The Hall–Kier alpha value is -1.90. The maximum absolute atomic E-state index is 13.0. The molecule has 142 valence electrons. The zero-order valence-corrected chi connectivity index (χ0v) is 14.8. The maximum atomic E-state index is 13.0. The lowest BCUT2D eigenvalue weighted by Crippen LogP contribution is -2.31. The number of hydrogen-bond donors (Lipinski definition) is 1. The van der Waals surface area contributed by atoms with Gasteiger partial charge in [0, 0.05) is 17.7 Å². The summed E-state index contributed by atoms with van der Waals surface area (Å²) in [6, 6.07) is 0. The third-order valence-electron chi connectivity index (χ3n) is 5.37. The molecular formula is C17H23F3N6. The van der Waals surface area contributed by atoms with Crippen LogP contribution in [0.1, 0.15) is 36.3 Å². The molecule has 2 aromatic heterocycles. The van der Waals surface area contributed by atoms with Crippen LogP contribution in [0.15, 0.2) is 0 Å². The molecule has 26 heavy (non-hydrogen) atoms. The molecule has 2 aliphatic rings. The Kier molecular flexibility index (Phi) is 4.50. The summed E-state index contributed by atoms with van der Waals surface area (Å²) in [6.45, 7) is 0.881. The minimum Gasteiger partial charge on any atom is -0.306 e. The van der Waals surface area contributed by atoms with Crippen molar-refractivity contribution in [2.24, 2.45) is 5.92 Å². The van der Waals surface area contributed by atoms with Crippen molar-refractivity contribution in [1.82, 2.24) is 29.9 Å². The molecule has 3 heterocycles. The van der Waals surface area contributed by atoms with Gasteiger partial charge in [-0.25, -0.2) is 9.67 Å². The Morgan fingerprint density at radius 3 is 2.69 bits per heavy atom. The Morgan fingerprint density at radius 2 is 1.96 bits per heavy atom. The molecule has 0 unspecified atom stereocenters. The van der Waals surface area contributed by atoms with Gasteiger partial charge in [-0.3, -0.25) is 5.10 Å². The number of rotatable bonds is 4. The first-order chi connectivity index (χ1) is 12.4. The van der Waals surface area contributed by atoms with Gasteiger partial charge < -0.3 is 4.90 Å². The molecular weight excluding hydrogens is 345 g/mol. The molecule has 1 N–H and O–H groups in total. The van der Waals surface area contributed by atoms with Gasteiger partial charge in [-0.05, 0) is 58.2 Å². The number of likely N-dealkylation sites (tertiary alicyclic amines) is 1. The Balaban J connectivity index is 1.62. The monoisotopic (exact) mass is 368 g/mol. The van der Waals surface area contributed by atoms with E-state index < -0.39 is 12.7 Å². The van der Waals surface area contributed by atoms with Crippen molar-refractivity contribution >= 4 is 0 Å². The van der Waals surface area contributed by atoms with Gasteiger partial charge in [0.25, 0.3) is 0 Å². The maximum Gasteiger partial charge on any atom is 0.408 e. The topological polar surface area (TPSA) is 62.6 Å². The largest absolute Gasteiger partial charge is 0.408 e. The van der Waals surface area contributed by atoms with Crippen LogP contribution in [0.4, 0.5) is 13.2 Å². The van der Waals surface area contributed by atoms with Crippen LogP contribution in [0.25, 0.3) is 11.5 Å². The van der Waals surface area contributed by atoms with E-state index in [0.717, 1.165) is 61.1 Å². The smallest absolute Gasteiger partial charge is 0.306 e. The number of aromatic amines is 1. The number of hydrogen-bond acceptors (Lipinski definition) is 4. The summed E-state index contributed by atoms with van der Waals surface area (Å²) in [7, 11) is 2.09. The minimum absolute atomic E-state index is 0.240. The molecule has 1 fully saturated rings. The molecule has 0 radical (unpaired) electrons. The first kappa shape index (κ1) is 17.5. The summed E-state index contributed by atoms with van der Waals surface area (Å²) in [4.78, 5) is 6.75. The number of nitrogens with one attached hydrogen (secondary N) is 1. The fourth-order valence-corrected chi connectivity index (χ4v) is 3.96. The highest BCUT2D eigenvalue weighted by Crippen LogP contribution is 2.31. The highest BCUT2D eigenvalue weighted by molar-refractivity contribution is 5.57. The first-order valence-corrected chi connectivity index (χ1v) is 9.14. The Labute approximate surface area is 149 Å². The summed E-state index contributed by atoms with van der Waals surface area (Å²) >= 11 is 0. The third kappa shape index (κ3) is 3.62. The van der Waals surface area contributed by atoms with Crippen LogP contribution in [0.2, 0.25) is 0 Å². The summed E-state index contributed by atoms with van der Waals surface area (Å²) in [6.07, 6.45) is 1.04. The van der Waals surface area contributed by atoms with Crippen molar-refractivity contribution < 1.29 is 13.2 Å². The Morgan fingerprint density at radius 1 is 1.19 bits per heavy atom. The second-order valence-electron chi connectivity index (χ2n) is 7.46. The lowest BCUT2D eigenvalue weighted by Gasteiger charge is -2.28. The van der Waals surface area contributed by atoms with Crippen LogP contribution in [0, 0.1) is 5.92 Å². The molecule has 4 rings (SSSR count). The van der Waals surface area contributed by atoms with Crippen molar-refractivity contribution in [2.75, 3.05) is 20.1 Å². The molecule has 0 bridgehead atoms. The van der Waals surface area contributed by atoms with Crippen LogP contribution >= 0.6 is 0 Å². The van der Waals surface area contributed by atoms with E-state index in [2.05, 4.69) is 32.2 Å². The fourth-order valence-electron chi connectivity index (χ4n) is 3.96. The van der Waals surface area contributed by atoms with E-state index in [0.29, 0.717) is 23.9 Å². The van der Waals surface area contributed by atoms with Crippen molar-refractivity contribution in [3.05, 3.63) is 17.1 Å². The van der Waals surface area contributed by atoms with E-state index in [1.54, 1.807) is 0 Å². The van der Waals surface area contributed by atoms with E-state index >= 15 is 0 Å². The van der Waals surface area contributed by atoms with Crippen molar-refractivity contribution in [2.45, 2.75) is 51.2 Å². The molecule has 2 aromatic rings. The van der Waals surface area contributed by atoms with Gasteiger partial charge >= 0.3 is 6.18 Å². The molecule has 0 aromatic carbocycles. The van der Waals surface area contributed by atoms with Gasteiger partial charge in [0.05, 0.1) is 0 Å².